The molecule has 16 heavy (non-hydrogen) atoms. The maximum absolute atomic E-state index is 11.6. The van der Waals surface area contributed by atoms with Crippen LogP contribution in [0.2, 0.25) is 0 Å². The molecule has 1 atom stereocenters. The average molecular weight is 245 g/mol. The van der Waals surface area contributed by atoms with Gasteiger partial charge in [0.05, 0.1) is 19.8 Å². The summed E-state index contributed by atoms with van der Waals surface area (Å²) in [4.78, 5) is 0.0408. The highest BCUT2D eigenvalue weighted by Gasteiger charge is 2.22. The zero-order valence-electron chi connectivity index (χ0n) is 9.17. The summed E-state index contributed by atoms with van der Waals surface area (Å²) in [5.74, 6) is 0.240. The van der Waals surface area contributed by atoms with Crippen LogP contribution in [-0.2, 0) is 9.84 Å². The molecule has 90 valence electrons. The van der Waals surface area contributed by atoms with Crippen molar-refractivity contribution in [3.8, 4) is 5.75 Å². The van der Waals surface area contributed by atoms with E-state index in [9.17, 15) is 8.42 Å². The number of aliphatic hydroxyl groups excluding tert-OH is 1. The lowest BCUT2D eigenvalue weighted by Crippen LogP contribution is -2.18. The molecular weight excluding hydrogens is 230 g/mol. The summed E-state index contributed by atoms with van der Waals surface area (Å²) in [5.41, 5.74) is 6.01. The molecule has 3 N–H and O–H groups in total. The number of hydrogen-bond acceptors (Lipinski definition) is 5. The number of hydrogen-bond donors (Lipinski definition) is 2. The van der Waals surface area contributed by atoms with Gasteiger partial charge in [-0.1, -0.05) is 12.1 Å². The lowest BCUT2D eigenvalue weighted by molar-refractivity contribution is 0.266. The fraction of sp³-hybridized carbons (Fsp3) is 0.400. The van der Waals surface area contributed by atoms with Crippen LogP contribution in [0.15, 0.2) is 23.1 Å². The molecule has 5 nitrogen and oxygen atoms in total. The molecule has 1 rings (SSSR count). The van der Waals surface area contributed by atoms with Crippen LogP contribution >= 0.6 is 0 Å². The van der Waals surface area contributed by atoms with Crippen molar-refractivity contribution >= 4 is 9.84 Å². The van der Waals surface area contributed by atoms with Crippen LogP contribution < -0.4 is 10.5 Å². The fourth-order valence-corrected chi connectivity index (χ4v) is 2.65. The summed E-state index contributed by atoms with van der Waals surface area (Å²) < 4.78 is 28.3. The van der Waals surface area contributed by atoms with Crippen molar-refractivity contribution in [2.75, 3.05) is 20.0 Å². The number of methoxy groups -OCH3 is 1. The van der Waals surface area contributed by atoms with Gasteiger partial charge in [-0.2, -0.15) is 0 Å². The van der Waals surface area contributed by atoms with Gasteiger partial charge in [-0.25, -0.2) is 8.42 Å². The Balaban J connectivity index is 3.50. The van der Waals surface area contributed by atoms with Crippen molar-refractivity contribution in [3.05, 3.63) is 23.8 Å². The first-order chi connectivity index (χ1) is 7.41. The van der Waals surface area contributed by atoms with Gasteiger partial charge in [0.25, 0.3) is 0 Å². The lowest BCUT2D eigenvalue weighted by atomic mass is 10.1. The van der Waals surface area contributed by atoms with E-state index in [-0.39, 0.29) is 17.3 Å². The third kappa shape index (κ3) is 2.52. The van der Waals surface area contributed by atoms with Gasteiger partial charge < -0.3 is 15.6 Å². The number of rotatable bonds is 4. The fourth-order valence-electron chi connectivity index (χ4n) is 1.48. The molecule has 0 saturated carbocycles. The van der Waals surface area contributed by atoms with Gasteiger partial charge in [-0.15, -0.1) is 0 Å². The lowest BCUT2D eigenvalue weighted by Gasteiger charge is -2.15. The van der Waals surface area contributed by atoms with Crippen LogP contribution in [0.3, 0.4) is 0 Å². The molecule has 1 aromatic rings. The van der Waals surface area contributed by atoms with Crippen molar-refractivity contribution in [2.24, 2.45) is 5.73 Å². The Morgan fingerprint density at radius 2 is 2.12 bits per heavy atom. The average Bonchev–Trinajstić information content (AvgIpc) is 2.25. The van der Waals surface area contributed by atoms with Crippen molar-refractivity contribution in [1.82, 2.24) is 0 Å². The second-order valence-corrected chi connectivity index (χ2v) is 5.39. The zero-order valence-corrected chi connectivity index (χ0v) is 9.99. The van der Waals surface area contributed by atoms with Crippen LogP contribution in [0.25, 0.3) is 0 Å². The second kappa shape index (κ2) is 4.82. The Kier molecular flexibility index (Phi) is 3.90. The molecule has 0 saturated heterocycles. The molecule has 0 bridgehead atoms. The van der Waals surface area contributed by atoms with E-state index in [1.54, 1.807) is 18.2 Å². The van der Waals surface area contributed by atoms with E-state index in [0.717, 1.165) is 6.26 Å². The smallest absolute Gasteiger partial charge is 0.179 e. The predicted molar refractivity (Wildman–Crippen MR) is 60.1 cm³/mol. The molecule has 0 aliphatic heterocycles. The van der Waals surface area contributed by atoms with Gasteiger partial charge in [0, 0.05) is 6.26 Å². The SMILES string of the molecule is COc1cccc(C(N)CO)c1S(C)(=O)=O. The Hall–Kier alpha value is -1.11. The Labute approximate surface area is 94.8 Å². The van der Waals surface area contributed by atoms with E-state index < -0.39 is 15.9 Å². The standard InChI is InChI=1S/C10H15NO4S/c1-15-9-5-3-4-7(8(11)6-12)10(9)16(2,13)14/h3-5,8,12H,6,11H2,1-2H3. The molecule has 0 amide bonds. The van der Waals surface area contributed by atoms with Gasteiger partial charge >= 0.3 is 0 Å². The summed E-state index contributed by atoms with van der Waals surface area (Å²) in [6.45, 7) is -0.324. The van der Waals surface area contributed by atoms with Crippen molar-refractivity contribution in [1.29, 1.82) is 0 Å². The third-order valence-electron chi connectivity index (χ3n) is 2.20. The first-order valence-electron chi connectivity index (χ1n) is 4.65. The van der Waals surface area contributed by atoms with Gasteiger partial charge in [-0.3, -0.25) is 0 Å². The molecule has 1 unspecified atom stereocenters. The second-order valence-electron chi connectivity index (χ2n) is 3.44. The zero-order chi connectivity index (χ0) is 12.3. The number of benzene rings is 1. The first-order valence-corrected chi connectivity index (χ1v) is 6.54. The van der Waals surface area contributed by atoms with E-state index in [1.807, 2.05) is 0 Å². The van der Waals surface area contributed by atoms with Gasteiger partial charge in [0.15, 0.2) is 9.84 Å². The van der Waals surface area contributed by atoms with Gasteiger partial charge in [-0.05, 0) is 11.6 Å². The van der Waals surface area contributed by atoms with E-state index in [1.165, 1.54) is 7.11 Å². The van der Waals surface area contributed by atoms with Crippen molar-refractivity contribution < 1.29 is 18.3 Å². The highest BCUT2D eigenvalue weighted by molar-refractivity contribution is 7.90. The minimum absolute atomic E-state index is 0.0408. The summed E-state index contributed by atoms with van der Waals surface area (Å²) in [6.07, 6.45) is 1.08. The van der Waals surface area contributed by atoms with Crippen LogP contribution in [0, 0.1) is 0 Å². The van der Waals surface area contributed by atoms with E-state index in [0.29, 0.717) is 5.56 Å². The molecule has 0 spiro atoms. The highest BCUT2D eigenvalue weighted by Crippen LogP contribution is 2.30. The topological polar surface area (TPSA) is 89.6 Å². The normalized spacial score (nSPS) is 13.5. The quantitative estimate of drug-likeness (QED) is 0.784. The van der Waals surface area contributed by atoms with Crippen molar-refractivity contribution in [2.45, 2.75) is 10.9 Å². The number of aliphatic hydroxyl groups is 1. The minimum Gasteiger partial charge on any atom is -0.495 e. The number of nitrogens with two attached hydrogens (primary N) is 1. The van der Waals surface area contributed by atoms with E-state index in [4.69, 9.17) is 15.6 Å². The summed E-state index contributed by atoms with van der Waals surface area (Å²) >= 11 is 0. The molecule has 0 radical (unpaired) electrons. The van der Waals surface area contributed by atoms with E-state index >= 15 is 0 Å². The minimum atomic E-state index is -3.45. The molecule has 0 aromatic heterocycles. The monoisotopic (exact) mass is 245 g/mol. The van der Waals surface area contributed by atoms with E-state index in [2.05, 4.69) is 0 Å². The third-order valence-corrected chi connectivity index (χ3v) is 3.37. The van der Waals surface area contributed by atoms with Gasteiger partial charge in [0.1, 0.15) is 10.6 Å². The Morgan fingerprint density at radius 3 is 2.56 bits per heavy atom. The molecule has 0 heterocycles. The largest absolute Gasteiger partial charge is 0.495 e. The Morgan fingerprint density at radius 1 is 1.50 bits per heavy atom. The van der Waals surface area contributed by atoms with Crippen LogP contribution in [0.5, 0.6) is 5.75 Å². The van der Waals surface area contributed by atoms with Crippen LogP contribution in [0.4, 0.5) is 0 Å². The molecule has 1 aromatic carbocycles. The summed E-state index contributed by atoms with van der Waals surface area (Å²) in [5, 5.41) is 8.98. The predicted octanol–water partition coefficient (Wildman–Crippen LogP) is 0.0908. The molecule has 0 aliphatic rings. The maximum Gasteiger partial charge on any atom is 0.179 e. The Bertz CT molecular complexity index is 470. The molecule has 0 fully saturated rings. The summed E-state index contributed by atoms with van der Waals surface area (Å²) in [7, 11) is -2.06. The maximum atomic E-state index is 11.6. The highest BCUT2D eigenvalue weighted by atomic mass is 32.2. The van der Waals surface area contributed by atoms with Gasteiger partial charge in [0.2, 0.25) is 0 Å². The first kappa shape index (κ1) is 13.0. The van der Waals surface area contributed by atoms with Crippen LogP contribution in [0.1, 0.15) is 11.6 Å². The van der Waals surface area contributed by atoms with Crippen molar-refractivity contribution in [3.63, 3.8) is 0 Å². The van der Waals surface area contributed by atoms with Crippen LogP contribution in [-0.4, -0.2) is 33.5 Å². The molecular formula is C10H15NO4S. The number of ether oxygens (including phenoxy) is 1. The number of sulfone groups is 1. The summed E-state index contributed by atoms with van der Waals surface area (Å²) in [6, 6.07) is 4.02. The molecule has 6 heteroatoms. The molecule has 0 aliphatic carbocycles.